The summed E-state index contributed by atoms with van der Waals surface area (Å²) in [6, 6.07) is -0.0104. The molecule has 1 fully saturated rings. The van der Waals surface area contributed by atoms with Crippen LogP contribution in [0.3, 0.4) is 0 Å². The SMILES string of the molecule is CC(C)(C)CC(N)CC(=O)N1CCCC(C)(C)CC1. The van der Waals surface area contributed by atoms with Crippen molar-refractivity contribution in [2.24, 2.45) is 16.6 Å². The molecule has 0 radical (unpaired) electrons. The van der Waals surface area contributed by atoms with Crippen LogP contribution >= 0.6 is 0 Å². The van der Waals surface area contributed by atoms with Crippen molar-refractivity contribution in [1.29, 1.82) is 0 Å². The van der Waals surface area contributed by atoms with Crippen molar-refractivity contribution in [1.82, 2.24) is 4.90 Å². The molecule has 0 aromatic heterocycles. The van der Waals surface area contributed by atoms with Gasteiger partial charge in [0.15, 0.2) is 0 Å². The first-order valence-electron chi connectivity index (χ1n) is 7.62. The smallest absolute Gasteiger partial charge is 0.224 e. The third-order valence-corrected chi connectivity index (χ3v) is 4.00. The van der Waals surface area contributed by atoms with E-state index in [4.69, 9.17) is 5.73 Å². The summed E-state index contributed by atoms with van der Waals surface area (Å²) in [5, 5.41) is 0. The summed E-state index contributed by atoms with van der Waals surface area (Å²) in [6.45, 7) is 12.9. The molecule has 0 saturated carbocycles. The lowest BCUT2D eigenvalue weighted by molar-refractivity contribution is -0.131. The van der Waals surface area contributed by atoms with E-state index < -0.39 is 0 Å². The predicted molar refractivity (Wildman–Crippen MR) is 80.9 cm³/mol. The molecule has 1 amide bonds. The highest BCUT2D eigenvalue weighted by atomic mass is 16.2. The van der Waals surface area contributed by atoms with E-state index in [1.807, 2.05) is 4.90 Å². The quantitative estimate of drug-likeness (QED) is 0.854. The molecule has 1 saturated heterocycles. The predicted octanol–water partition coefficient (Wildman–Crippen LogP) is 3.18. The Bertz CT molecular complexity index is 304. The van der Waals surface area contributed by atoms with Gasteiger partial charge in [0.2, 0.25) is 5.91 Å². The van der Waals surface area contributed by atoms with Crippen molar-refractivity contribution in [3.05, 3.63) is 0 Å². The maximum absolute atomic E-state index is 12.3. The summed E-state index contributed by atoms with van der Waals surface area (Å²) in [5.74, 6) is 0.245. The van der Waals surface area contributed by atoms with E-state index in [1.54, 1.807) is 0 Å². The molecular weight excluding hydrogens is 236 g/mol. The Labute approximate surface area is 118 Å². The van der Waals surface area contributed by atoms with Gasteiger partial charge in [0.25, 0.3) is 0 Å². The molecule has 1 aliphatic rings. The molecule has 19 heavy (non-hydrogen) atoms. The van der Waals surface area contributed by atoms with Crippen molar-refractivity contribution in [3.8, 4) is 0 Å². The van der Waals surface area contributed by atoms with Crippen LogP contribution in [0, 0.1) is 10.8 Å². The van der Waals surface area contributed by atoms with Crippen LogP contribution in [-0.2, 0) is 4.79 Å². The number of likely N-dealkylation sites (tertiary alicyclic amines) is 1. The molecule has 0 bridgehead atoms. The number of nitrogens with two attached hydrogens (primary N) is 1. The molecule has 1 rings (SSSR count). The topological polar surface area (TPSA) is 46.3 Å². The Kier molecular flexibility index (Phi) is 5.43. The Morgan fingerprint density at radius 2 is 1.89 bits per heavy atom. The van der Waals surface area contributed by atoms with E-state index in [1.165, 1.54) is 6.42 Å². The fourth-order valence-electron chi connectivity index (χ4n) is 2.88. The standard InChI is InChI=1S/C16H32N2O/c1-15(2,3)12-13(17)11-14(19)18-9-6-7-16(4,5)8-10-18/h13H,6-12,17H2,1-5H3. The molecule has 3 heteroatoms. The maximum atomic E-state index is 12.3. The Morgan fingerprint density at radius 3 is 2.47 bits per heavy atom. The lowest BCUT2D eigenvalue weighted by Crippen LogP contribution is -2.38. The molecule has 1 heterocycles. The van der Waals surface area contributed by atoms with Crippen molar-refractivity contribution in [2.75, 3.05) is 13.1 Å². The Hall–Kier alpha value is -0.570. The van der Waals surface area contributed by atoms with Gasteiger partial charge in [0.1, 0.15) is 0 Å². The maximum Gasteiger partial charge on any atom is 0.224 e. The van der Waals surface area contributed by atoms with Crippen LogP contribution < -0.4 is 5.73 Å². The monoisotopic (exact) mass is 268 g/mol. The molecule has 1 unspecified atom stereocenters. The zero-order valence-electron chi connectivity index (χ0n) is 13.5. The highest BCUT2D eigenvalue weighted by Crippen LogP contribution is 2.30. The van der Waals surface area contributed by atoms with Crippen molar-refractivity contribution < 1.29 is 4.79 Å². The van der Waals surface area contributed by atoms with Crippen LogP contribution in [0.4, 0.5) is 0 Å². The second-order valence-corrected chi connectivity index (χ2v) is 8.13. The first kappa shape index (κ1) is 16.5. The van der Waals surface area contributed by atoms with Crippen molar-refractivity contribution in [3.63, 3.8) is 0 Å². The number of rotatable bonds is 3. The molecule has 112 valence electrons. The van der Waals surface area contributed by atoms with Crippen LogP contribution in [0.25, 0.3) is 0 Å². The van der Waals surface area contributed by atoms with Crippen molar-refractivity contribution >= 4 is 5.91 Å². The second-order valence-electron chi connectivity index (χ2n) is 8.13. The van der Waals surface area contributed by atoms with Gasteiger partial charge in [-0.1, -0.05) is 34.6 Å². The molecule has 2 N–H and O–H groups in total. The summed E-state index contributed by atoms with van der Waals surface area (Å²) in [6.07, 6.45) is 4.83. The van der Waals surface area contributed by atoms with Gasteiger partial charge in [0.05, 0.1) is 0 Å². The zero-order chi connectivity index (χ0) is 14.7. The summed E-state index contributed by atoms with van der Waals surface area (Å²) in [5.41, 5.74) is 6.68. The largest absolute Gasteiger partial charge is 0.343 e. The molecule has 0 spiro atoms. The molecule has 3 nitrogen and oxygen atoms in total. The lowest BCUT2D eigenvalue weighted by atomic mass is 9.85. The fourth-order valence-corrected chi connectivity index (χ4v) is 2.88. The Morgan fingerprint density at radius 1 is 1.26 bits per heavy atom. The summed E-state index contributed by atoms with van der Waals surface area (Å²) in [4.78, 5) is 14.3. The fraction of sp³-hybridized carbons (Fsp3) is 0.938. The molecule has 0 aliphatic carbocycles. The average molecular weight is 268 g/mol. The van der Waals surface area contributed by atoms with E-state index >= 15 is 0 Å². The first-order chi connectivity index (χ1) is 8.59. The van der Waals surface area contributed by atoms with E-state index in [-0.39, 0.29) is 17.4 Å². The minimum Gasteiger partial charge on any atom is -0.343 e. The van der Waals surface area contributed by atoms with Crippen LogP contribution in [0.2, 0.25) is 0 Å². The summed E-state index contributed by atoms with van der Waals surface area (Å²) in [7, 11) is 0. The second kappa shape index (κ2) is 6.25. The van der Waals surface area contributed by atoms with E-state index in [2.05, 4.69) is 34.6 Å². The van der Waals surface area contributed by atoms with Gasteiger partial charge in [0, 0.05) is 25.6 Å². The van der Waals surface area contributed by atoms with Gasteiger partial charge in [-0.25, -0.2) is 0 Å². The number of carbonyl (C=O) groups is 1. The lowest BCUT2D eigenvalue weighted by Gasteiger charge is -2.26. The average Bonchev–Trinajstić information content (AvgIpc) is 2.36. The number of nitrogens with zero attached hydrogens (tertiary/aromatic N) is 1. The van der Waals surface area contributed by atoms with E-state index in [0.29, 0.717) is 11.8 Å². The molecule has 0 aromatic carbocycles. The minimum atomic E-state index is -0.0104. The van der Waals surface area contributed by atoms with Crippen LogP contribution in [0.15, 0.2) is 0 Å². The third kappa shape index (κ3) is 6.42. The molecule has 1 atom stereocenters. The van der Waals surface area contributed by atoms with Gasteiger partial charge >= 0.3 is 0 Å². The van der Waals surface area contributed by atoms with E-state index in [9.17, 15) is 4.79 Å². The normalized spacial score (nSPS) is 21.9. The first-order valence-corrected chi connectivity index (χ1v) is 7.62. The number of amides is 1. The van der Waals surface area contributed by atoms with Crippen LogP contribution in [-0.4, -0.2) is 29.9 Å². The van der Waals surface area contributed by atoms with Gasteiger partial charge in [-0.3, -0.25) is 4.79 Å². The highest BCUT2D eigenvalue weighted by molar-refractivity contribution is 5.76. The summed E-state index contributed by atoms with van der Waals surface area (Å²) >= 11 is 0. The number of carbonyl (C=O) groups excluding carboxylic acids is 1. The van der Waals surface area contributed by atoms with Gasteiger partial charge in [-0.15, -0.1) is 0 Å². The van der Waals surface area contributed by atoms with Crippen LogP contribution in [0.5, 0.6) is 0 Å². The van der Waals surface area contributed by atoms with Gasteiger partial charge in [-0.2, -0.15) is 0 Å². The molecular formula is C16H32N2O. The number of hydrogen-bond acceptors (Lipinski definition) is 2. The molecule has 1 aliphatic heterocycles. The van der Waals surface area contributed by atoms with Crippen LogP contribution in [0.1, 0.15) is 66.7 Å². The van der Waals surface area contributed by atoms with E-state index in [0.717, 1.165) is 32.4 Å². The highest BCUT2D eigenvalue weighted by Gasteiger charge is 2.26. The molecule has 0 aromatic rings. The van der Waals surface area contributed by atoms with Gasteiger partial charge in [-0.05, 0) is 36.5 Å². The van der Waals surface area contributed by atoms with Gasteiger partial charge < -0.3 is 10.6 Å². The number of hydrogen-bond donors (Lipinski definition) is 1. The third-order valence-electron chi connectivity index (χ3n) is 4.00. The minimum absolute atomic E-state index is 0.0104. The Balaban J connectivity index is 2.45. The van der Waals surface area contributed by atoms with Crippen molar-refractivity contribution in [2.45, 2.75) is 72.8 Å². The zero-order valence-corrected chi connectivity index (χ0v) is 13.5. The summed E-state index contributed by atoms with van der Waals surface area (Å²) < 4.78 is 0.